The number of hydrogen-bond donors (Lipinski definition) is 1. The quantitative estimate of drug-likeness (QED) is 0.824. The Hall–Kier alpha value is -0.700. The number of rotatable bonds is 2. The molecule has 1 rings (SSSR count). The van der Waals surface area contributed by atoms with Crippen LogP contribution in [0.15, 0.2) is 22.7 Å². The number of ether oxygens (including phenoxy) is 1. The molecule has 1 aromatic carbocycles. The minimum Gasteiger partial charge on any atom is -0.508 e. The van der Waals surface area contributed by atoms with E-state index >= 15 is 0 Å². The monoisotopic (exact) mass is 216 g/mol. The highest BCUT2D eigenvalue weighted by atomic mass is 79.9. The minimum atomic E-state index is 0.219. The van der Waals surface area contributed by atoms with Crippen LogP contribution in [0.2, 0.25) is 0 Å². The molecule has 0 radical (unpaired) electrons. The molecule has 2 nitrogen and oxygen atoms in total. The van der Waals surface area contributed by atoms with E-state index in [1.165, 1.54) is 0 Å². The van der Waals surface area contributed by atoms with Crippen molar-refractivity contribution in [3.8, 4) is 11.5 Å². The van der Waals surface area contributed by atoms with Gasteiger partial charge in [-0.2, -0.15) is 0 Å². The molecule has 0 saturated carbocycles. The van der Waals surface area contributed by atoms with Gasteiger partial charge in [0.15, 0.2) is 0 Å². The first-order valence-corrected chi connectivity index (χ1v) is 4.14. The Morgan fingerprint density at radius 1 is 1.55 bits per heavy atom. The van der Waals surface area contributed by atoms with Crippen LogP contribution in [-0.2, 0) is 0 Å². The molecule has 0 bridgehead atoms. The molecule has 0 unspecified atom stereocenters. The molecule has 0 atom stereocenters. The molecule has 1 N–H and O–H groups in total. The largest absolute Gasteiger partial charge is 0.508 e. The molecule has 0 heterocycles. The van der Waals surface area contributed by atoms with E-state index in [1.807, 2.05) is 6.92 Å². The maximum atomic E-state index is 9.06. The smallest absolute Gasteiger partial charge is 0.137 e. The van der Waals surface area contributed by atoms with Crippen molar-refractivity contribution in [1.82, 2.24) is 0 Å². The summed E-state index contributed by atoms with van der Waals surface area (Å²) in [6.07, 6.45) is 0. The summed E-state index contributed by atoms with van der Waals surface area (Å²) in [7, 11) is 0. The predicted molar refractivity (Wildman–Crippen MR) is 47.0 cm³/mol. The predicted octanol–water partition coefficient (Wildman–Crippen LogP) is 2.55. The van der Waals surface area contributed by atoms with Gasteiger partial charge in [0.1, 0.15) is 11.5 Å². The zero-order valence-corrected chi connectivity index (χ0v) is 7.76. The second-order valence-corrected chi connectivity index (χ2v) is 2.90. The lowest BCUT2D eigenvalue weighted by atomic mass is 10.3. The fourth-order valence-corrected chi connectivity index (χ4v) is 1.12. The highest BCUT2D eigenvalue weighted by molar-refractivity contribution is 9.10. The van der Waals surface area contributed by atoms with Crippen molar-refractivity contribution in [2.45, 2.75) is 6.92 Å². The summed E-state index contributed by atoms with van der Waals surface area (Å²) >= 11 is 3.30. The fraction of sp³-hybridized carbons (Fsp3) is 0.250. The standard InChI is InChI=1S/C8H9BrO2/c1-2-11-8-5-6(10)3-4-7(8)9/h3-5,10H,2H2,1H3. The van der Waals surface area contributed by atoms with Crippen LogP contribution in [0.25, 0.3) is 0 Å². The van der Waals surface area contributed by atoms with Crippen molar-refractivity contribution in [3.05, 3.63) is 22.7 Å². The molecule has 11 heavy (non-hydrogen) atoms. The number of phenolic OH excluding ortho intramolecular Hbond substituents is 1. The molecule has 3 heteroatoms. The van der Waals surface area contributed by atoms with Gasteiger partial charge < -0.3 is 9.84 Å². The molecule has 0 aliphatic rings. The average Bonchev–Trinajstić information content (AvgIpc) is 1.98. The van der Waals surface area contributed by atoms with E-state index < -0.39 is 0 Å². The summed E-state index contributed by atoms with van der Waals surface area (Å²) in [4.78, 5) is 0. The van der Waals surface area contributed by atoms with Crippen LogP contribution in [0.4, 0.5) is 0 Å². The summed E-state index contributed by atoms with van der Waals surface area (Å²) in [5.74, 6) is 0.893. The maximum absolute atomic E-state index is 9.06. The highest BCUT2D eigenvalue weighted by Crippen LogP contribution is 2.28. The van der Waals surface area contributed by atoms with Crippen LogP contribution < -0.4 is 4.74 Å². The lowest BCUT2D eigenvalue weighted by Gasteiger charge is -2.04. The molecular formula is C8H9BrO2. The van der Waals surface area contributed by atoms with Gasteiger partial charge >= 0.3 is 0 Å². The van der Waals surface area contributed by atoms with Gasteiger partial charge in [-0.15, -0.1) is 0 Å². The molecule has 0 amide bonds. The van der Waals surface area contributed by atoms with E-state index in [2.05, 4.69) is 15.9 Å². The van der Waals surface area contributed by atoms with E-state index in [0.29, 0.717) is 12.4 Å². The zero-order chi connectivity index (χ0) is 8.27. The van der Waals surface area contributed by atoms with Gasteiger partial charge in [0, 0.05) is 6.07 Å². The van der Waals surface area contributed by atoms with Crippen molar-refractivity contribution in [2.75, 3.05) is 6.61 Å². The highest BCUT2D eigenvalue weighted by Gasteiger charge is 1.99. The summed E-state index contributed by atoms with van der Waals surface area (Å²) in [6.45, 7) is 2.50. The van der Waals surface area contributed by atoms with Gasteiger partial charge in [0.2, 0.25) is 0 Å². The molecule has 0 aliphatic heterocycles. The summed E-state index contributed by atoms with van der Waals surface area (Å²) in [6, 6.07) is 4.93. The van der Waals surface area contributed by atoms with Gasteiger partial charge in [0.25, 0.3) is 0 Å². The Labute approximate surface area is 73.9 Å². The number of aromatic hydroxyl groups is 1. The zero-order valence-electron chi connectivity index (χ0n) is 6.17. The van der Waals surface area contributed by atoms with Crippen LogP contribution >= 0.6 is 15.9 Å². The average molecular weight is 217 g/mol. The van der Waals surface area contributed by atoms with E-state index in [4.69, 9.17) is 9.84 Å². The lowest BCUT2D eigenvalue weighted by Crippen LogP contribution is -1.91. The van der Waals surface area contributed by atoms with Crippen molar-refractivity contribution < 1.29 is 9.84 Å². The van der Waals surface area contributed by atoms with Crippen molar-refractivity contribution >= 4 is 15.9 Å². The van der Waals surface area contributed by atoms with E-state index in [0.717, 1.165) is 4.47 Å². The van der Waals surface area contributed by atoms with Gasteiger partial charge in [-0.1, -0.05) is 0 Å². The van der Waals surface area contributed by atoms with E-state index in [-0.39, 0.29) is 5.75 Å². The van der Waals surface area contributed by atoms with E-state index in [1.54, 1.807) is 18.2 Å². The third-order valence-electron chi connectivity index (χ3n) is 1.21. The third-order valence-corrected chi connectivity index (χ3v) is 1.87. The fourth-order valence-electron chi connectivity index (χ4n) is 0.758. The Morgan fingerprint density at radius 3 is 2.91 bits per heavy atom. The van der Waals surface area contributed by atoms with Crippen LogP contribution in [0, 0.1) is 0 Å². The van der Waals surface area contributed by atoms with Crippen molar-refractivity contribution in [1.29, 1.82) is 0 Å². The van der Waals surface area contributed by atoms with Crippen LogP contribution in [0.1, 0.15) is 6.92 Å². The first kappa shape index (κ1) is 8.40. The minimum absolute atomic E-state index is 0.219. The van der Waals surface area contributed by atoms with Gasteiger partial charge in [-0.25, -0.2) is 0 Å². The second kappa shape index (κ2) is 3.62. The second-order valence-electron chi connectivity index (χ2n) is 2.05. The topological polar surface area (TPSA) is 29.5 Å². The maximum Gasteiger partial charge on any atom is 0.137 e. The third kappa shape index (κ3) is 2.12. The summed E-state index contributed by atoms with van der Waals surface area (Å²) < 4.78 is 6.07. The number of halogens is 1. The summed E-state index contributed by atoms with van der Waals surface area (Å²) in [5.41, 5.74) is 0. The number of benzene rings is 1. The summed E-state index contributed by atoms with van der Waals surface area (Å²) in [5, 5.41) is 9.06. The number of phenols is 1. The Bertz CT molecular complexity index is 248. The molecule has 0 aliphatic carbocycles. The number of hydrogen-bond acceptors (Lipinski definition) is 2. The lowest BCUT2D eigenvalue weighted by molar-refractivity contribution is 0.335. The SMILES string of the molecule is CCOc1cc(O)ccc1Br. The Balaban J connectivity index is 2.93. The van der Waals surface area contributed by atoms with Crippen LogP contribution in [-0.4, -0.2) is 11.7 Å². The first-order valence-electron chi connectivity index (χ1n) is 3.35. The molecule has 60 valence electrons. The normalized spacial score (nSPS) is 9.64. The molecule has 0 saturated heterocycles. The Morgan fingerprint density at radius 2 is 2.27 bits per heavy atom. The van der Waals surface area contributed by atoms with Crippen molar-refractivity contribution in [2.24, 2.45) is 0 Å². The van der Waals surface area contributed by atoms with Gasteiger partial charge in [-0.05, 0) is 35.0 Å². The Kier molecular flexibility index (Phi) is 2.76. The molecule has 0 fully saturated rings. The van der Waals surface area contributed by atoms with Gasteiger partial charge in [0.05, 0.1) is 11.1 Å². The molecule has 1 aromatic rings. The molecular weight excluding hydrogens is 208 g/mol. The van der Waals surface area contributed by atoms with Crippen LogP contribution in [0.3, 0.4) is 0 Å². The van der Waals surface area contributed by atoms with E-state index in [9.17, 15) is 0 Å². The molecule has 0 spiro atoms. The van der Waals surface area contributed by atoms with Gasteiger partial charge in [-0.3, -0.25) is 0 Å². The first-order chi connectivity index (χ1) is 5.24. The van der Waals surface area contributed by atoms with Crippen molar-refractivity contribution in [3.63, 3.8) is 0 Å². The molecule has 0 aromatic heterocycles. The van der Waals surface area contributed by atoms with Crippen LogP contribution in [0.5, 0.6) is 11.5 Å².